The topological polar surface area (TPSA) is 91.4 Å². The van der Waals surface area contributed by atoms with Gasteiger partial charge >= 0.3 is 0 Å². The van der Waals surface area contributed by atoms with Gasteiger partial charge in [0, 0.05) is 25.9 Å². The van der Waals surface area contributed by atoms with Crippen molar-refractivity contribution in [1.29, 1.82) is 5.41 Å². The second-order valence-electron chi connectivity index (χ2n) is 3.94. The number of nitrogens with one attached hydrogen (secondary N) is 2. The average molecular weight is 231 g/mol. The highest BCUT2D eigenvalue weighted by atomic mass is 16.5. The van der Waals surface area contributed by atoms with E-state index in [0.29, 0.717) is 13.0 Å². The van der Waals surface area contributed by atoms with Gasteiger partial charge in [-0.2, -0.15) is 0 Å². The Morgan fingerprint density at radius 3 is 2.81 bits per heavy atom. The van der Waals surface area contributed by atoms with Crippen molar-refractivity contribution in [2.75, 3.05) is 26.8 Å². The zero-order chi connectivity index (χ0) is 12.2. The largest absolute Gasteiger partial charge is 0.394 e. The molecular formula is C11H25N3O2. The number of aliphatic hydroxyl groups is 1. The normalized spacial score (nSPS) is 14.7. The van der Waals surface area contributed by atoms with E-state index in [-0.39, 0.29) is 18.8 Å². The van der Waals surface area contributed by atoms with Gasteiger partial charge in [-0.25, -0.2) is 0 Å². The maximum atomic E-state index is 8.93. The molecule has 0 aliphatic carbocycles. The van der Waals surface area contributed by atoms with Gasteiger partial charge in [0.2, 0.25) is 0 Å². The van der Waals surface area contributed by atoms with Crippen LogP contribution in [0.25, 0.3) is 0 Å². The third kappa shape index (κ3) is 8.79. The number of rotatable bonds is 11. The fraction of sp³-hybridized carbons (Fsp3) is 0.909. The summed E-state index contributed by atoms with van der Waals surface area (Å²) >= 11 is 0. The molecular weight excluding hydrogens is 206 g/mol. The summed E-state index contributed by atoms with van der Waals surface area (Å²) in [7, 11) is 1.59. The number of hydrogen-bond acceptors (Lipinski definition) is 5. The summed E-state index contributed by atoms with van der Waals surface area (Å²) in [6.07, 6.45) is 5.02. The van der Waals surface area contributed by atoms with Gasteiger partial charge in [-0.05, 0) is 25.8 Å². The van der Waals surface area contributed by atoms with Gasteiger partial charge in [0.25, 0.3) is 0 Å². The zero-order valence-electron chi connectivity index (χ0n) is 10.1. The first-order valence-corrected chi connectivity index (χ1v) is 5.83. The number of aliphatic hydroxyl groups excluding tert-OH is 1. The summed E-state index contributed by atoms with van der Waals surface area (Å²) in [6, 6.07) is 0.0971. The molecule has 96 valence electrons. The maximum Gasteiger partial charge on any atom is 0.0816 e. The van der Waals surface area contributed by atoms with Crippen molar-refractivity contribution in [1.82, 2.24) is 5.32 Å². The summed E-state index contributed by atoms with van der Waals surface area (Å²) in [6.45, 7) is 1.60. The molecule has 0 amide bonds. The minimum Gasteiger partial charge on any atom is -0.394 e. The lowest BCUT2D eigenvalue weighted by Crippen LogP contribution is -2.29. The van der Waals surface area contributed by atoms with E-state index in [1.807, 2.05) is 0 Å². The summed E-state index contributed by atoms with van der Waals surface area (Å²) in [5.74, 6) is 0. The van der Waals surface area contributed by atoms with Gasteiger partial charge in [-0.15, -0.1) is 0 Å². The monoisotopic (exact) mass is 231 g/mol. The van der Waals surface area contributed by atoms with Gasteiger partial charge < -0.3 is 26.3 Å². The molecule has 0 aliphatic rings. The molecule has 0 fully saturated rings. The lowest BCUT2D eigenvalue weighted by atomic mass is 10.0. The van der Waals surface area contributed by atoms with Gasteiger partial charge in [0.05, 0.1) is 12.7 Å². The van der Waals surface area contributed by atoms with Gasteiger partial charge in [0.15, 0.2) is 0 Å². The summed E-state index contributed by atoms with van der Waals surface area (Å²) in [5.41, 5.74) is 5.92. The maximum absolute atomic E-state index is 8.93. The molecule has 2 unspecified atom stereocenters. The van der Waals surface area contributed by atoms with E-state index >= 15 is 0 Å². The highest BCUT2D eigenvalue weighted by Crippen LogP contribution is 2.06. The van der Waals surface area contributed by atoms with Crippen molar-refractivity contribution >= 4 is 6.21 Å². The lowest BCUT2D eigenvalue weighted by Gasteiger charge is -2.17. The standard InChI is InChI=1S/C11H25N3O2/c1-16-11(9-15)8-10(13)4-2-3-6-14-7-5-12/h5,10-12,14-15H,2-4,6-9,13H2,1H3. The summed E-state index contributed by atoms with van der Waals surface area (Å²) < 4.78 is 5.06. The van der Waals surface area contributed by atoms with Gasteiger partial charge in [-0.1, -0.05) is 6.42 Å². The fourth-order valence-corrected chi connectivity index (χ4v) is 1.53. The third-order valence-electron chi connectivity index (χ3n) is 2.53. The van der Waals surface area contributed by atoms with Crippen LogP contribution in [-0.4, -0.2) is 50.3 Å². The number of nitrogens with two attached hydrogens (primary N) is 1. The van der Waals surface area contributed by atoms with E-state index in [1.165, 1.54) is 6.21 Å². The predicted molar refractivity (Wildman–Crippen MR) is 66.0 cm³/mol. The zero-order valence-corrected chi connectivity index (χ0v) is 10.1. The first kappa shape index (κ1) is 15.5. The Labute approximate surface area is 97.9 Å². The Bertz CT molecular complexity index is 163. The van der Waals surface area contributed by atoms with Crippen LogP contribution in [0.3, 0.4) is 0 Å². The molecule has 0 aromatic heterocycles. The van der Waals surface area contributed by atoms with E-state index in [9.17, 15) is 0 Å². The van der Waals surface area contributed by atoms with E-state index in [0.717, 1.165) is 25.8 Å². The van der Waals surface area contributed by atoms with Crippen LogP contribution in [0.5, 0.6) is 0 Å². The highest BCUT2D eigenvalue weighted by Gasteiger charge is 2.11. The van der Waals surface area contributed by atoms with Crippen molar-refractivity contribution < 1.29 is 9.84 Å². The number of hydrogen-bond donors (Lipinski definition) is 4. The molecule has 0 saturated heterocycles. The molecule has 0 aromatic carbocycles. The first-order valence-electron chi connectivity index (χ1n) is 5.83. The quantitative estimate of drug-likeness (QED) is 0.300. The number of unbranched alkanes of at least 4 members (excludes halogenated alkanes) is 1. The molecule has 0 aliphatic heterocycles. The Kier molecular flexibility index (Phi) is 10.7. The molecule has 2 atom stereocenters. The van der Waals surface area contributed by atoms with Crippen LogP contribution >= 0.6 is 0 Å². The predicted octanol–water partition coefficient (Wildman–Crippen LogP) is 0.121. The van der Waals surface area contributed by atoms with E-state index in [4.69, 9.17) is 21.0 Å². The van der Waals surface area contributed by atoms with Crippen molar-refractivity contribution in [3.05, 3.63) is 0 Å². The Morgan fingerprint density at radius 1 is 1.50 bits per heavy atom. The second kappa shape index (κ2) is 11.0. The molecule has 0 aromatic rings. The fourth-order valence-electron chi connectivity index (χ4n) is 1.53. The van der Waals surface area contributed by atoms with Crippen LogP contribution in [0.1, 0.15) is 25.7 Å². The van der Waals surface area contributed by atoms with Crippen LogP contribution in [0, 0.1) is 5.41 Å². The first-order chi connectivity index (χ1) is 7.74. The Hall–Kier alpha value is -0.490. The molecule has 0 rings (SSSR count). The smallest absolute Gasteiger partial charge is 0.0816 e. The molecule has 5 nitrogen and oxygen atoms in total. The number of ether oxygens (including phenoxy) is 1. The van der Waals surface area contributed by atoms with Crippen LogP contribution in [-0.2, 0) is 4.74 Å². The van der Waals surface area contributed by atoms with Crippen molar-refractivity contribution in [2.45, 2.75) is 37.8 Å². The van der Waals surface area contributed by atoms with Crippen molar-refractivity contribution in [2.24, 2.45) is 5.73 Å². The molecule has 0 spiro atoms. The Morgan fingerprint density at radius 2 is 2.25 bits per heavy atom. The Balaban J connectivity index is 3.35. The van der Waals surface area contributed by atoms with Crippen LogP contribution < -0.4 is 11.1 Å². The minimum absolute atomic E-state index is 0.0328. The minimum atomic E-state index is -0.133. The molecule has 5 N–H and O–H groups in total. The van der Waals surface area contributed by atoms with Crippen molar-refractivity contribution in [3.63, 3.8) is 0 Å². The second-order valence-corrected chi connectivity index (χ2v) is 3.94. The van der Waals surface area contributed by atoms with Crippen molar-refractivity contribution in [3.8, 4) is 0 Å². The molecule has 0 heterocycles. The summed E-state index contributed by atoms with van der Waals surface area (Å²) in [5, 5.41) is 18.9. The SMILES string of the molecule is COC(CO)CC(N)CCCCNCC=N. The van der Waals surface area contributed by atoms with E-state index < -0.39 is 0 Å². The molecule has 5 heteroatoms. The highest BCUT2D eigenvalue weighted by molar-refractivity contribution is 5.55. The summed E-state index contributed by atoms with van der Waals surface area (Å²) in [4.78, 5) is 0. The van der Waals surface area contributed by atoms with E-state index in [2.05, 4.69) is 5.32 Å². The van der Waals surface area contributed by atoms with Gasteiger partial charge in [0.1, 0.15) is 0 Å². The third-order valence-corrected chi connectivity index (χ3v) is 2.53. The average Bonchev–Trinajstić information content (AvgIpc) is 2.30. The molecule has 0 radical (unpaired) electrons. The van der Waals surface area contributed by atoms with Crippen LogP contribution in [0.4, 0.5) is 0 Å². The molecule has 16 heavy (non-hydrogen) atoms. The molecule has 0 saturated carbocycles. The van der Waals surface area contributed by atoms with Crippen LogP contribution in [0.2, 0.25) is 0 Å². The van der Waals surface area contributed by atoms with Gasteiger partial charge in [-0.3, -0.25) is 0 Å². The van der Waals surface area contributed by atoms with E-state index in [1.54, 1.807) is 7.11 Å². The number of methoxy groups -OCH3 is 1. The van der Waals surface area contributed by atoms with Crippen LogP contribution in [0.15, 0.2) is 0 Å². The lowest BCUT2D eigenvalue weighted by molar-refractivity contribution is 0.0380. The molecule has 0 bridgehead atoms.